The summed E-state index contributed by atoms with van der Waals surface area (Å²) in [4.78, 5) is 26.9. The molecule has 146 valence electrons. The number of nitrogens with zero attached hydrogens (tertiary/aromatic N) is 2. The topological polar surface area (TPSA) is 99.5 Å². The van der Waals surface area contributed by atoms with Crippen molar-refractivity contribution < 1.29 is 18.5 Å². The van der Waals surface area contributed by atoms with Gasteiger partial charge in [-0.05, 0) is 60.3 Å². The summed E-state index contributed by atoms with van der Waals surface area (Å²) in [6.07, 6.45) is 0.849. The molecule has 2 rings (SSSR count). The number of nitrogens with one attached hydrogen (secondary N) is 1. The van der Waals surface area contributed by atoms with Gasteiger partial charge in [-0.2, -0.15) is 5.26 Å². The van der Waals surface area contributed by atoms with Crippen LogP contribution in [-0.2, 0) is 20.3 Å². The second kappa shape index (κ2) is 7.18. The quantitative estimate of drug-likeness (QED) is 0.800. The first kappa shape index (κ1) is 20.7. The lowest BCUT2D eigenvalue weighted by molar-refractivity contribution is -0.133. The number of hydrogen-bond acceptors (Lipinski definition) is 5. The van der Waals surface area contributed by atoms with E-state index in [1.165, 1.54) is 0 Å². The molecule has 0 aromatic heterocycles. The molecule has 1 saturated carbocycles. The molecule has 0 aromatic rings. The average molecular weight is 384 g/mol. The number of alkyl carbamates (subject to hydrolysis) is 1. The van der Waals surface area contributed by atoms with Crippen molar-refractivity contribution in [1.82, 2.24) is 10.2 Å². The molecule has 3 unspecified atom stereocenters. The van der Waals surface area contributed by atoms with Crippen LogP contribution in [0.5, 0.6) is 0 Å². The Labute approximate surface area is 157 Å². The van der Waals surface area contributed by atoms with Crippen molar-refractivity contribution in [2.75, 3.05) is 5.75 Å². The molecule has 0 aromatic carbocycles. The zero-order chi connectivity index (χ0) is 19.9. The van der Waals surface area contributed by atoms with Gasteiger partial charge in [-0.1, -0.05) is 0 Å². The fourth-order valence-corrected chi connectivity index (χ4v) is 4.12. The molecule has 0 bridgehead atoms. The number of carbonyl (C=O) groups excluding carboxylic acids is 2. The Morgan fingerprint density at radius 1 is 1.27 bits per heavy atom. The van der Waals surface area contributed by atoms with E-state index >= 15 is 0 Å². The summed E-state index contributed by atoms with van der Waals surface area (Å²) in [6, 6.07) is 0.792. The number of piperidine rings is 1. The molecule has 0 radical (unpaired) electrons. The van der Waals surface area contributed by atoms with E-state index < -0.39 is 39.3 Å². The first-order chi connectivity index (χ1) is 11.8. The van der Waals surface area contributed by atoms with Gasteiger partial charge < -0.3 is 15.0 Å². The smallest absolute Gasteiger partial charge is 0.408 e. The number of likely N-dealkylation sites (tertiary alicyclic amines) is 1. The maximum atomic E-state index is 13.1. The molecule has 2 amide bonds. The molecule has 1 saturated heterocycles. The summed E-state index contributed by atoms with van der Waals surface area (Å²) < 4.78 is 17.3. The van der Waals surface area contributed by atoms with E-state index in [2.05, 4.69) is 11.4 Å². The van der Waals surface area contributed by atoms with Gasteiger partial charge in [-0.3, -0.25) is 9.00 Å². The van der Waals surface area contributed by atoms with E-state index in [1.54, 1.807) is 25.7 Å². The Morgan fingerprint density at radius 2 is 1.88 bits per heavy atom. The van der Waals surface area contributed by atoms with Crippen LogP contribution in [0, 0.1) is 17.2 Å². The summed E-state index contributed by atoms with van der Waals surface area (Å²) in [5.41, 5.74) is -0.703. The van der Waals surface area contributed by atoms with Gasteiger partial charge >= 0.3 is 6.09 Å². The minimum Gasteiger partial charge on any atom is -0.444 e. The van der Waals surface area contributed by atoms with E-state index in [1.807, 2.05) is 20.8 Å². The van der Waals surface area contributed by atoms with Crippen LogP contribution in [0.2, 0.25) is 0 Å². The van der Waals surface area contributed by atoms with Gasteiger partial charge in [0.1, 0.15) is 17.7 Å². The minimum absolute atomic E-state index is 0.00634. The molecule has 2 fully saturated rings. The predicted molar refractivity (Wildman–Crippen MR) is 98.7 cm³/mol. The molecule has 8 heteroatoms. The second-order valence-electron chi connectivity index (χ2n) is 9.01. The Morgan fingerprint density at radius 3 is 2.38 bits per heavy atom. The zero-order valence-electron chi connectivity index (χ0n) is 16.4. The van der Waals surface area contributed by atoms with Crippen LogP contribution < -0.4 is 5.32 Å². The van der Waals surface area contributed by atoms with Gasteiger partial charge in [0.2, 0.25) is 5.91 Å². The Hall–Kier alpha value is -1.62. The van der Waals surface area contributed by atoms with Crippen molar-refractivity contribution in [2.24, 2.45) is 5.92 Å². The highest BCUT2D eigenvalue weighted by Crippen LogP contribution is 2.47. The third-order valence-corrected chi connectivity index (χ3v) is 6.50. The van der Waals surface area contributed by atoms with Crippen LogP contribution in [-0.4, -0.2) is 55.3 Å². The van der Waals surface area contributed by atoms with Crippen molar-refractivity contribution in [3.63, 3.8) is 0 Å². The molecule has 1 heterocycles. The van der Waals surface area contributed by atoms with Crippen LogP contribution in [0.1, 0.15) is 54.4 Å². The summed E-state index contributed by atoms with van der Waals surface area (Å²) in [5.74, 6) is 0.0251. The van der Waals surface area contributed by atoms with Crippen molar-refractivity contribution in [1.29, 1.82) is 5.26 Å². The third kappa shape index (κ3) is 4.97. The maximum Gasteiger partial charge on any atom is 0.408 e. The number of hydrogen-bond donors (Lipinski definition) is 1. The highest BCUT2D eigenvalue weighted by molar-refractivity contribution is 7.86. The number of amides is 2. The summed E-state index contributed by atoms with van der Waals surface area (Å²) >= 11 is 0. The summed E-state index contributed by atoms with van der Waals surface area (Å²) in [5, 5.41) is 11.9. The lowest BCUT2D eigenvalue weighted by Gasteiger charge is -2.30. The average Bonchev–Trinajstić information content (AvgIpc) is 3.13. The van der Waals surface area contributed by atoms with Crippen LogP contribution in [0.4, 0.5) is 4.79 Å². The van der Waals surface area contributed by atoms with Gasteiger partial charge in [-0.15, -0.1) is 0 Å². The van der Waals surface area contributed by atoms with Crippen LogP contribution >= 0.6 is 0 Å². The molecule has 7 nitrogen and oxygen atoms in total. The first-order valence-electron chi connectivity index (χ1n) is 8.93. The fourth-order valence-electron chi connectivity index (χ4n) is 3.09. The molecular weight excluding hydrogens is 354 g/mol. The van der Waals surface area contributed by atoms with Gasteiger partial charge in [0.05, 0.1) is 11.8 Å². The number of fused-ring (bicyclic) bond motifs is 1. The van der Waals surface area contributed by atoms with Gasteiger partial charge in [0, 0.05) is 21.6 Å². The summed E-state index contributed by atoms with van der Waals surface area (Å²) in [6.45, 7) is 10.7. The SMILES string of the molecule is CC(C)(C)OC(=O)NC(CS(=O)C(C)(C)C)C(=O)N1C(C#N)C[C@@H]2C[C@@H]21. The van der Waals surface area contributed by atoms with Crippen molar-refractivity contribution in [3.8, 4) is 6.07 Å². The monoisotopic (exact) mass is 383 g/mol. The molecule has 1 N–H and O–H groups in total. The first-order valence-corrected chi connectivity index (χ1v) is 10.2. The van der Waals surface area contributed by atoms with Crippen molar-refractivity contribution in [3.05, 3.63) is 0 Å². The Kier molecular flexibility index (Phi) is 5.71. The van der Waals surface area contributed by atoms with E-state index in [9.17, 15) is 19.1 Å². The molecule has 1 aliphatic heterocycles. The van der Waals surface area contributed by atoms with E-state index in [-0.39, 0.29) is 17.7 Å². The Bertz CT molecular complexity index is 644. The number of rotatable bonds is 4. The lowest BCUT2D eigenvalue weighted by atomic mass is 10.1. The molecule has 26 heavy (non-hydrogen) atoms. The lowest BCUT2D eigenvalue weighted by Crippen LogP contribution is -2.54. The van der Waals surface area contributed by atoms with Crippen molar-refractivity contribution >= 4 is 22.8 Å². The maximum absolute atomic E-state index is 13.1. The third-order valence-electron chi connectivity index (χ3n) is 4.50. The van der Waals surface area contributed by atoms with Crippen LogP contribution in [0.25, 0.3) is 0 Å². The van der Waals surface area contributed by atoms with Gasteiger partial charge in [0.25, 0.3) is 0 Å². The fraction of sp³-hybridized carbons (Fsp3) is 0.833. The van der Waals surface area contributed by atoms with E-state index in [4.69, 9.17) is 4.74 Å². The molecule has 5 atom stereocenters. The molecule has 1 aliphatic carbocycles. The number of ether oxygens (including phenoxy) is 1. The van der Waals surface area contributed by atoms with E-state index in [0.717, 1.165) is 6.42 Å². The minimum atomic E-state index is -1.34. The number of nitriles is 1. The largest absolute Gasteiger partial charge is 0.444 e. The predicted octanol–water partition coefficient (Wildman–Crippen LogP) is 1.94. The summed E-state index contributed by atoms with van der Waals surface area (Å²) in [7, 11) is -1.34. The van der Waals surface area contributed by atoms with Crippen LogP contribution in [0.3, 0.4) is 0 Å². The van der Waals surface area contributed by atoms with Gasteiger partial charge in [0.15, 0.2) is 0 Å². The standard InChI is InChI=1S/C18H29N3O4S/c1-17(2,3)25-16(23)20-13(10-26(24)18(4,5)6)15(22)21-12(9-19)7-11-8-14(11)21/h11-14H,7-8,10H2,1-6H3,(H,20,23)/t11-,12?,13?,14+,26?/m1/s1. The van der Waals surface area contributed by atoms with E-state index in [0.29, 0.717) is 12.3 Å². The number of carbonyl (C=O) groups is 2. The highest BCUT2D eigenvalue weighted by Gasteiger charge is 2.55. The zero-order valence-corrected chi connectivity index (χ0v) is 17.2. The normalized spacial score (nSPS) is 27.1. The highest BCUT2D eigenvalue weighted by atomic mass is 32.2. The molecule has 2 aliphatic rings. The van der Waals surface area contributed by atoms with Gasteiger partial charge in [-0.25, -0.2) is 4.79 Å². The Balaban J connectivity index is 2.17. The molecule has 0 spiro atoms. The second-order valence-corrected chi connectivity index (χ2v) is 11.3. The van der Waals surface area contributed by atoms with Crippen molar-refractivity contribution in [2.45, 2.75) is 82.9 Å². The van der Waals surface area contributed by atoms with Crippen LogP contribution in [0.15, 0.2) is 0 Å². The molecular formula is C18H29N3O4S.